The van der Waals surface area contributed by atoms with Gasteiger partial charge in [-0.3, -0.25) is 14.9 Å². The molecular formula is C23H25N3O3. The number of amides is 1. The Labute approximate surface area is 170 Å². The first-order valence-electron chi connectivity index (χ1n) is 10.1. The first-order valence-corrected chi connectivity index (χ1v) is 10.1. The van der Waals surface area contributed by atoms with Crippen molar-refractivity contribution in [3.63, 3.8) is 0 Å². The minimum atomic E-state index is -0.384. The van der Waals surface area contributed by atoms with Gasteiger partial charge in [0.2, 0.25) is 0 Å². The summed E-state index contributed by atoms with van der Waals surface area (Å²) < 4.78 is 0. The lowest BCUT2D eigenvalue weighted by Crippen LogP contribution is -2.35. The van der Waals surface area contributed by atoms with Gasteiger partial charge in [0.15, 0.2) is 0 Å². The summed E-state index contributed by atoms with van der Waals surface area (Å²) in [5.41, 5.74) is 3.73. The van der Waals surface area contributed by atoms with Crippen LogP contribution in [0.15, 0.2) is 54.6 Å². The third-order valence-electron chi connectivity index (χ3n) is 6.09. The Morgan fingerprint density at radius 3 is 2.72 bits per heavy atom. The molecule has 4 unspecified atom stereocenters. The van der Waals surface area contributed by atoms with Gasteiger partial charge in [0.1, 0.15) is 0 Å². The maximum atomic E-state index is 12.9. The zero-order valence-corrected chi connectivity index (χ0v) is 16.6. The standard InChI is InChI=1S/C23H25N3O3/c1-3-14(2)24-23(27)20-9-5-8-19-17-6-4-7-18(17)21(25-22(19)20)15-10-12-16(13-11-15)26(28)29/h4-6,8-14,17-18,21,25H,3,7H2,1-2H3,(H,24,27). The van der Waals surface area contributed by atoms with E-state index in [9.17, 15) is 14.9 Å². The van der Waals surface area contributed by atoms with Crippen LogP contribution in [-0.2, 0) is 0 Å². The van der Waals surface area contributed by atoms with Gasteiger partial charge < -0.3 is 10.6 Å². The largest absolute Gasteiger partial charge is 0.377 e. The van der Waals surface area contributed by atoms with Crippen LogP contribution in [0.5, 0.6) is 0 Å². The molecule has 0 radical (unpaired) electrons. The monoisotopic (exact) mass is 391 g/mol. The lowest BCUT2D eigenvalue weighted by molar-refractivity contribution is -0.384. The lowest BCUT2D eigenvalue weighted by Gasteiger charge is -2.38. The fourth-order valence-electron chi connectivity index (χ4n) is 4.35. The third-order valence-corrected chi connectivity index (χ3v) is 6.09. The average Bonchev–Trinajstić information content (AvgIpc) is 3.22. The van der Waals surface area contributed by atoms with Crippen molar-refractivity contribution in [2.45, 2.75) is 44.7 Å². The number of hydrogen-bond donors (Lipinski definition) is 2. The van der Waals surface area contributed by atoms with E-state index in [-0.39, 0.29) is 34.5 Å². The van der Waals surface area contributed by atoms with Gasteiger partial charge in [-0.05, 0) is 42.9 Å². The van der Waals surface area contributed by atoms with E-state index in [4.69, 9.17) is 0 Å². The fraction of sp³-hybridized carbons (Fsp3) is 0.348. The molecule has 2 aliphatic rings. The summed E-state index contributed by atoms with van der Waals surface area (Å²) in [6.07, 6.45) is 6.21. The van der Waals surface area contributed by atoms with Crippen molar-refractivity contribution in [3.05, 3.63) is 81.4 Å². The Hall–Kier alpha value is -3.15. The van der Waals surface area contributed by atoms with Gasteiger partial charge in [-0.1, -0.05) is 43.3 Å². The van der Waals surface area contributed by atoms with Crippen molar-refractivity contribution < 1.29 is 9.72 Å². The number of nitro benzene ring substituents is 1. The van der Waals surface area contributed by atoms with E-state index in [2.05, 4.69) is 28.9 Å². The highest BCUT2D eigenvalue weighted by atomic mass is 16.6. The van der Waals surface area contributed by atoms with Crippen LogP contribution in [0.1, 0.15) is 60.1 Å². The number of nitrogens with zero attached hydrogens (tertiary/aromatic N) is 1. The number of benzene rings is 2. The molecule has 4 rings (SSSR count). The molecule has 1 heterocycles. The van der Waals surface area contributed by atoms with Crippen molar-refractivity contribution in [2.75, 3.05) is 5.32 Å². The topological polar surface area (TPSA) is 84.3 Å². The first kappa shape index (κ1) is 19.2. The van der Waals surface area contributed by atoms with Crippen molar-refractivity contribution in [1.29, 1.82) is 0 Å². The number of para-hydroxylation sites is 1. The molecular weight excluding hydrogens is 366 g/mol. The van der Waals surface area contributed by atoms with E-state index in [0.29, 0.717) is 11.5 Å². The molecule has 1 aliphatic carbocycles. The molecule has 2 aromatic carbocycles. The molecule has 6 nitrogen and oxygen atoms in total. The van der Waals surface area contributed by atoms with Crippen molar-refractivity contribution in [3.8, 4) is 0 Å². The fourth-order valence-corrected chi connectivity index (χ4v) is 4.35. The Balaban J connectivity index is 1.72. The molecule has 1 aliphatic heterocycles. The number of allylic oxidation sites excluding steroid dienone is 2. The third kappa shape index (κ3) is 3.50. The maximum Gasteiger partial charge on any atom is 0.269 e. The van der Waals surface area contributed by atoms with E-state index >= 15 is 0 Å². The minimum Gasteiger partial charge on any atom is -0.377 e. The molecule has 4 atom stereocenters. The molecule has 0 fully saturated rings. The molecule has 150 valence electrons. The molecule has 0 spiro atoms. The summed E-state index contributed by atoms with van der Waals surface area (Å²) in [7, 11) is 0. The summed E-state index contributed by atoms with van der Waals surface area (Å²) in [6, 6.07) is 12.7. The predicted octanol–water partition coefficient (Wildman–Crippen LogP) is 4.95. The van der Waals surface area contributed by atoms with Gasteiger partial charge in [0, 0.05) is 24.1 Å². The van der Waals surface area contributed by atoms with Crippen LogP contribution in [0.4, 0.5) is 11.4 Å². The molecule has 6 heteroatoms. The second-order valence-corrected chi connectivity index (χ2v) is 7.88. The molecule has 29 heavy (non-hydrogen) atoms. The number of nitro groups is 1. The molecule has 0 aromatic heterocycles. The lowest BCUT2D eigenvalue weighted by atomic mass is 9.76. The molecule has 1 amide bonds. The number of fused-ring (bicyclic) bond motifs is 3. The first-order chi connectivity index (χ1) is 14.0. The quantitative estimate of drug-likeness (QED) is 0.429. The normalized spacial score (nSPS) is 22.9. The van der Waals surface area contributed by atoms with Gasteiger partial charge >= 0.3 is 0 Å². The van der Waals surface area contributed by atoms with Crippen LogP contribution in [-0.4, -0.2) is 16.9 Å². The summed E-state index contributed by atoms with van der Waals surface area (Å²) in [5, 5.41) is 17.7. The molecule has 2 N–H and O–H groups in total. The van der Waals surface area contributed by atoms with E-state index in [0.717, 1.165) is 29.7 Å². The zero-order chi connectivity index (χ0) is 20.5. The summed E-state index contributed by atoms with van der Waals surface area (Å²) in [5.74, 6) is 0.464. The second kappa shape index (κ2) is 7.70. The van der Waals surface area contributed by atoms with E-state index in [1.807, 2.05) is 38.1 Å². The van der Waals surface area contributed by atoms with Crippen LogP contribution in [0.25, 0.3) is 0 Å². The van der Waals surface area contributed by atoms with Crippen molar-refractivity contribution >= 4 is 17.3 Å². The SMILES string of the molecule is CCC(C)NC(=O)c1cccc2c1NC(c1ccc([N+](=O)[O-])cc1)C1CC=CC21. The molecule has 0 bridgehead atoms. The van der Waals surface area contributed by atoms with Crippen LogP contribution in [0.2, 0.25) is 0 Å². The molecule has 2 aromatic rings. The Morgan fingerprint density at radius 1 is 1.28 bits per heavy atom. The summed E-state index contributed by atoms with van der Waals surface area (Å²) in [4.78, 5) is 23.5. The Kier molecular flexibility index (Phi) is 5.09. The van der Waals surface area contributed by atoms with Crippen LogP contribution >= 0.6 is 0 Å². The number of nitrogens with one attached hydrogen (secondary N) is 2. The van der Waals surface area contributed by atoms with Gasteiger partial charge in [0.05, 0.1) is 22.2 Å². The predicted molar refractivity (Wildman–Crippen MR) is 113 cm³/mol. The number of non-ortho nitro benzene ring substituents is 1. The van der Waals surface area contributed by atoms with Gasteiger partial charge in [-0.25, -0.2) is 0 Å². The average molecular weight is 391 g/mol. The number of hydrogen-bond acceptors (Lipinski definition) is 4. The number of carbonyl (C=O) groups excluding carboxylic acids is 1. The van der Waals surface area contributed by atoms with Crippen LogP contribution in [0.3, 0.4) is 0 Å². The number of carbonyl (C=O) groups is 1. The summed E-state index contributed by atoms with van der Waals surface area (Å²) in [6.45, 7) is 4.04. The smallest absolute Gasteiger partial charge is 0.269 e. The highest BCUT2D eigenvalue weighted by Gasteiger charge is 2.39. The summed E-state index contributed by atoms with van der Waals surface area (Å²) >= 11 is 0. The highest BCUT2D eigenvalue weighted by Crippen LogP contribution is 2.50. The van der Waals surface area contributed by atoms with E-state index in [1.54, 1.807) is 12.1 Å². The maximum absolute atomic E-state index is 12.9. The Bertz CT molecular complexity index is 968. The highest BCUT2D eigenvalue weighted by molar-refractivity contribution is 6.01. The van der Waals surface area contributed by atoms with Crippen LogP contribution < -0.4 is 10.6 Å². The van der Waals surface area contributed by atoms with Crippen LogP contribution in [0, 0.1) is 16.0 Å². The molecule has 0 saturated heterocycles. The van der Waals surface area contributed by atoms with E-state index < -0.39 is 0 Å². The van der Waals surface area contributed by atoms with Gasteiger partial charge in [-0.2, -0.15) is 0 Å². The second-order valence-electron chi connectivity index (χ2n) is 7.88. The zero-order valence-electron chi connectivity index (χ0n) is 16.6. The number of anilines is 1. The Morgan fingerprint density at radius 2 is 2.03 bits per heavy atom. The number of rotatable bonds is 5. The molecule has 0 saturated carbocycles. The van der Waals surface area contributed by atoms with Crippen molar-refractivity contribution in [1.82, 2.24) is 5.32 Å². The van der Waals surface area contributed by atoms with Gasteiger partial charge in [-0.15, -0.1) is 0 Å². The van der Waals surface area contributed by atoms with E-state index in [1.165, 1.54) is 0 Å². The van der Waals surface area contributed by atoms with Crippen molar-refractivity contribution in [2.24, 2.45) is 5.92 Å². The minimum absolute atomic E-state index is 0.0131. The van der Waals surface area contributed by atoms with Gasteiger partial charge in [0.25, 0.3) is 11.6 Å².